The van der Waals surface area contributed by atoms with Gasteiger partial charge in [-0.2, -0.15) is 0 Å². The van der Waals surface area contributed by atoms with Gasteiger partial charge in [-0.1, -0.05) is 19.9 Å². The van der Waals surface area contributed by atoms with E-state index in [0.717, 1.165) is 10.9 Å². The summed E-state index contributed by atoms with van der Waals surface area (Å²) in [6.45, 7) is 3.11. The molecule has 2 atom stereocenters. The standard InChI is InChI=1S/C26H29N7O6/c1-12(2)15-9-18(17(22(29)25(37)38)10-16(15)21(28)24(35)36)23-30-33(20(34)11-27)26(39)32(23)14-4-5-19-13(8-14)6-7-31(19)3/h4-10,12,21-22H,11,27-29H2,1-3H3,(H,35,36)(H,37,38). The third kappa shape index (κ3) is 4.74. The van der Waals surface area contributed by atoms with Crippen molar-refractivity contribution in [2.24, 2.45) is 24.2 Å². The average Bonchev–Trinajstić information content (AvgIpc) is 3.45. The van der Waals surface area contributed by atoms with Crippen LogP contribution in [-0.4, -0.2) is 53.5 Å². The summed E-state index contributed by atoms with van der Waals surface area (Å²) in [5.74, 6) is -3.82. The number of fused-ring (bicyclic) bond motifs is 1. The zero-order valence-electron chi connectivity index (χ0n) is 21.5. The quantitative estimate of drug-likeness (QED) is 0.216. The van der Waals surface area contributed by atoms with E-state index in [1.54, 1.807) is 32.0 Å². The van der Waals surface area contributed by atoms with Gasteiger partial charge in [-0.05, 0) is 52.9 Å². The smallest absolute Gasteiger partial charge is 0.358 e. The maximum atomic E-state index is 13.5. The molecule has 4 rings (SSSR count). The number of benzene rings is 2. The zero-order chi connectivity index (χ0) is 28.8. The Morgan fingerprint density at radius 1 is 0.949 bits per heavy atom. The maximum Gasteiger partial charge on any atom is 0.358 e. The summed E-state index contributed by atoms with van der Waals surface area (Å²) in [6, 6.07) is 6.80. The van der Waals surface area contributed by atoms with Crippen LogP contribution in [0.15, 0.2) is 47.4 Å². The average molecular weight is 536 g/mol. The van der Waals surface area contributed by atoms with Crippen LogP contribution in [0.3, 0.4) is 0 Å². The summed E-state index contributed by atoms with van der Waals surface area (Å²) in [5, 5.41) is 24.4. The van der Waals surface area contributed by atoms with Crippen molar-refractivity contribution >= 4 is 28.7 Å². The predicted octanol–water partition coefficient (Wildman–Crippen LogP) is 1.08. The Kier molecular flexibility index (Phi) is 7.24. The van der Waals surface area contributed by atoms with E-state index in [0.29, 0.717) is 15.9 Å². The molecule has 2 heterocycles. The van der Waals surface area contributed by atoms with Gasteiger partial charge in [-0.3, -0.25) is 14.4 Å². The Morgan fingerprint density at radius 3 is 2.18 bits per heavy atom. The van der Waals surface area contributed by atoms with Crippen molar-refractivity contribution in [3.8, 4) is 17.1 Å². The van der Waals surface area contributed by atoms with Crippen molar-refractivity contribution in [1.29, 1.82) is 0 Å². The van der Waals surface area contributed by atoms with Crippen LogP contribution in [0, 0.1) is 0 Å². The van der Waals surface area contributed by atoms with E-state index < -0.39 is 42.2 Å². The number of carbonyl (C=O) groups is 3. The molecule has 2 unspecified atom stereocenters. The first-order valence-corrected chi connectivity index (χ1v) is 12.0. The van der Waals surface area contributed by atoms with Crippen LogP contribution in [0.1, 0.15) is 53.3 Å². The van der Waals surface area contributed by atoms with Crippen LogP contribution in [0.5, 0.6) is 0 Å². The highest BCUT2D eigenvalue weighted by Gasteiger charge is 2.30. The molecular weight excluding hydrogens is 506 g/mol. The molecule has 0 fully saturated rings. The third-order valence-corrected chi connectivity index (χ3v) is 6.64. The van der Waals surface area contributed by atoms with E-state index in [9.17, 15) is 29.4 Å². The molecule has 0 aliphatic heterocycles. The fraction of sp³-hybridized carbons (Fsp3) is 0.269. The molecule has 0 aliphatic carbocycles. The van der Waals surface area contributed by atoms with Gasteiger partial charge in [-0.25, -0.2) is 9.36 Å². The van der Waals surface area contributed by atoms with Gasteiger partial charge >= 0.3 is 17.6 Å². The molecule has 2 aromatic heterocycles. The van der Waals surface area contributed by atoms with E-state index in [1.807, 2.05) is 23.9 Å². The minimum atomic E-state index is -1.63. The second-order valence-corrected chi connectivity index (χ2v) is 9.48. The Labute approximate surface area is 222 Å². The van der Waals surface area contributed by atoms with Gasteiger partial charge in [0, 0.05) is 29.7 Å². The molecule has 0 bridgehead atoms. The molecule has 4 aromatic rings. The molecule has 13 nitrogen and oxygen atoms in total. The van der Waals surface area contributed by atoms with E-state index in [-0.39, 0.29) is 28.4 Å². The van der Waals surface area contributed by atoms with Gasteiger partial charge in [-0.15, -0.1) is 9.78 Å². The first-order chi connectivity index (χ1) is 18.4. The molecular formula is C26H29N7O6. The summed E-state index contributed by atoms with van der Waals surface area (Å²) in [4.78, 5) is 49.9. The number of rotatable bonds is 8. The van der Waals surface area contributed by atoms with E-state index in [1.165, 1.54) is 16.7 Å². The predicted molar refractivity (Wildman–Crippen MR) is 143 cm³/mol. The number of aliphatic carboxylic acids is 2. The monoisotopic (exact) mass is 535 g/mol. The number of carboxylic acid groups (broad SMARTS) is 2. The minimum absolute atomic E-state index is 0.0296. The lowest BCUT2D eigenvalue weighted by Crippen LogP contribution is -2.33. The van der Waals surface area contributed by atoms with Gasteiger partial charge in [0.1, 0.15) is 12.1 Å². The summed E-state index contributed by atoms with van der Waals surface area (Å²) in [7, 11) is 1.87. The number of nitrogens with zero attached hydrogens (tertiary/aromatic N) is 4. The van der Waals surface area contributed by atoms with Crippen molar-refractivity contribution in [2.45, 2.75) is 31.8 Å². The molecule has 2 aromatic carbocycles. The second-order valence-electron chi connectivity index (χ2n) is 9.48. The zero-order valence-corrected chi connectivity index (χ0v) is 21.5. The number of carboxylic acids is 2. The van der Waals surface area contributed by atoms with Crippen molar-refractivity contribution in [3.05, 3.63) is 69.8 Å². The number of hydrogen-bond acceptors (Lipinski definition) is 8. The van der Waals surface area contributed by atoms with Crippen LogP contribution < -0.4 is 22.9 Å². The Hall–Kier alpha value is -4.59. The van der Waals surface area contributed by atoms with Gasteiger partial charge in [0.15, 0.2) is 5.82 Å². The highest BCUT2D eigenvalue weighted by molar-refractivity contribution is 5.85. The summed E-state index contributed by atoms with van der Waals surface area (Å²) in [6.07, 6.45) is 1.85. The Bertz CT molecular complexity index is 1680. The molecule has 0 radical (unpaired) electrons. The maximum absolute atomic E-state index is 13.5. The third-order valence-electron chi connectivity index (χ3n) is 6.64. The lowest BCUT2D eigenvalue weighted by atomic mass is 9.86. The molecule has 204 valence electrons. The van der Waals surface area contributed by atoms with Gasteiger partial charge in [0.2, 0.25) is 0 Å². The number of aryl methyl sites for hydroxylation is 1. The van der Waals surface area contributed by atoms with E-state index >= 15 is 0 Å². The molecule has 0 aliphatic rings. The largest absolute Gasteiger partial charge is 0.480 e. The van der Waals surface area contributed by atoms with Crippen LogP contribution >= 0.6 is 0 Å². The van der Waals surface area contributed by atoms with Crippen molar-refractivity contribution in [1.82, 2.24) is 18.9 Å². The lowest BCUT2D eigenvalue weighted by Gasteiger charge is -2.22. The van der Waals surface area contributed by atoms with Gasteiger partial charge in [0.05, 0.1) is 12.2 Å². The summed E-state index contributed by atoms with van der Waals surface area (Å²) < 4.78 is 3.69. The normalized spacial score (nSPS) is 13.1. The van der Waals surface area contributed by atoms with E-state index in [4.69, 9.17) is 17.2 Å². The van der Waals surface area contributed by atoms with Crippen molar-refractivity contribution < 1.29 is 24.6 Å². The van der Waals surface area contributed by atoms with Crippen LogP contribution in [0.25, 0.3) is 28.0 Å². The Balaban J connectivity index is 2.12. The van der Waals surface area contributed by atoms with Crippen LogP contribution in [0.4, 0.5) is 0 Å². The Morgan fingerprint density at radius 2 is 1.59 bits per heavy atom. The fourth-order valence-electron chi connectivity index (χ4n) is 4.57. The molecule has 0 amide bonds. The highest BCUT2D eigenvalue weighted by atomic mass is 16.4. The molecule has 13 heteroatoms. The highest BCUT2D eigenvalue weighted by Crippen LogP contribution is 2.35. The fourth-order valence-corrected chi connectivity index (χ4v) is 4.57. The number of hydrogen-bond donors (Lipinski definition) is 5. The molecule has 0 saturated heterocycles. The summed E-state index contributed by atoms with van der Waals surface area (Å²) >= 11 is 0. The topological polar surface area (TPSA) is 214 Å². The van der Waals surface area contributed by atoms with Crippen LogP contribution in [-0.2, 0) is 16.6 Å². The van der Waals surface area contributed by atoms with Gasteiger partial charge < -0.3 is 32.0 Å². The molecule has 8 N–H and O–H groups in total. The number of carbonyl (C=O) groups excluding carboxylic acids is 1. The first kappa shape index (κ1) is 27.4. The summed E-state index contributed by atoms with van der Waals surface area (Å²) in [5.41, 5.74) is 18.7. The molecule has 0 saturated carbocycles. The number of nitrogens with two attached hydrogens (primary N) is 3. The minimum Gasteiger partial charge on any atom is -0.480 e. The van der Waals surface area contributed by atoms with Gasteiger partial charge in [0.25, 0.3) is 5.91 Å². The van der Waals surface area contributed by atoms with Crippen LogP contribution in [0.2, 0.25) is 0 Å². The van der Waals surface area contributed by atoms with Crippen molar-refractivity contribution in [3.63, 3.8) is 0 Å². The van der Waals surface area contributed by atoms with Crippen molar-refractivity contribution in [2.75, 3.05) is 6.54 Å². The molecule has 39 heavy (non-hydrogen) atoms. The van der Waals surface area contributed by atoms with E-state index in [2.05, 4.69) is 5.10 Å². The second kappa shape index (κ2) is 10.3. The molecule has 0 spiro atoms. The first-order valence-electron chi connectivity index (χ1n) is 12.0. The SMILES string of the molecule is CC(C)c1cc(-c2nn(C(=O)CN)c(=O)n2-c2ccc3c(ccn3C)c2)c(C(N)C(=O)O)cc1C(N)C(=O)O. The lowest BCUT2D eigenvalue weighted by molar-refractivity contribution is -0.139. The number of aromatic nitrogens is 4.